The van der Waals surface area contributed by atoms with Crippen LogP contribution in [0.15, 0.2) is 15.6 Å². The number of aliphatic hydroxyl groups is 2. The Kier molecular flexibility index (Phi) is 4.55. The summed E-state index contributed by atoms with van der Waals surface area (Å²) in [7, 11) is 0. The van der Waals surface area contributed by atoms with Crippen molar-refractivity contribution in [2.75, 3.05) is 12.3 Å². The molecule has 2 aliphatic heterocycles. The number of aliphatic carboxylic acids is 1. The molecule has 1 saturated heterocycles. The maximum atomic E-state index is 12.0. The summed E-state index contributed by atoms with van der Waals surface area (Å²) in [4.78, 5) is 28.4. The van der Waals surface area contributed by atoms with Crippen LogP contribution in [0.3, 0.4) is 0 Å². The van der Waals surface area contributed by atoms with E-state index in [9.17, 15) is 24.9 Å². The monoisotopic (exact) mass is 315 g/mol. The number of nitrogens with zero attached hydrogens (tertiary/aromatic N) is 2. The second-order valence-corrected chi connectivity index (χ2v) is 5.97. The van der Waals surface area contributed by atoms with Gasteiger partial charge >= 0.3 is 5.97 Å². The maximum absolute atomic E-state index is 12.0. The highest BCUT2D eigenvalue weighted by Crippen LogP contribution is 2.47. The number of hydrogen-bond donors (Lipinski definition) is 4. The number of fused-ring (bicyclic) bond motifs is 1. The predicted octanol–water partition coefficient (Wildman–Crippen LogP) is -1.41. The SMILES string of the molecule is C[C@@H](O)[C@H]1C(=O)N2C(C(=O)O)=C(SCCN=CN)C(O)[C@H]12. The molecule has 0 aliphatic carbocycles. The minimum atomic E-state index is -1.27. The molecule has 0 bridgehead atoms. The van der Waals surface area contributed by atoms with Crippen LogP contribution in [0.2, 0.25) is 0 Å². The van der Waals surface area contributed by atoms with E-state index in [2.05, 4.69) is 4.99 Å². The number of carboxylic acids is 1. The number of aliphatic imine (C=N–C) groups is 1. The minimum absolute atomic E-state index is 0.198. The fourth-order valence-electron chi connectivity index (χ4n) is 2.68. The van der Waals surface area contributed by atoms with Crippen LogP contribution in [0, 0.1) is 5.92 Å². The lowest BCUT2D eigenvalue weighted by Crippen LogP contribution is -2.65. The van der Waals surface area contributed by atoms with Gasteiger partial charge in [-0.1, -0.05) is 0 Å². The fourth-order valence-corrected chi connectivity index (χ4v) is 3.73. The summed E-state index contributed by atoms with van der Waals surface area (Å²) >= 11 is 1.14. The van der Waals surface area contributed by atoms with Crippen molar-refractivity contribution in [3.05, 3.63) is 10.6 Å². The molecule has 0 aromatic heterocycles. The van der Waals surface area contributed by atoms with Crippen molar-refractivity contribution in [1.82, 2.24) is 4.90 Å². The Labute approximate surface area is 125 Å². The van der Waals surface area contributed by atoms with E-state index in [4.69, 9.17) is 5.73 Å². The molecule has 1 fully saturated rings. The molecule has 2 aliphatic rings. The largest absolute Gasteiger partial charge is 0.477 e. The molecule has 1 unspecified atom stereocenters. The van der Waals surface area contributed by atoms with Crippen molar-refractivity contribution in [2.45, 2.75) is 25.2 Å². The Hall–Kier alpha value is -1.58. The summed E-state index contributed by atoms with van der Waals surface area (Å²) in [6, 6.07) is -0.705. The van der Waals surface area contributed by atoms with Crippen molar-refractivity contribution >= 4 is 30.0 Å². The summed E-state index contributed by atoms with van der Waals surface area (Å²) < 4.78 is 0. The minimum Gasteiger partial charge on any atom is -0.477 e. The number of carbonyl (C=O) groups excluding carboxylic acids is 1. The number of amides is 1. The molecular formula is C12H17N3O5S. The van der Waals surface area contributed by atoms with Gasteiger partial charge in [-0.2, -0.15) is 0 Å². The van der Waals surface area contributed by atoms with Gasteiger partial charge in [-0.15, -0.1) is 11.8 Å². The van der Waals surface area contributed by atoms with Gasteiger partial charge in [0, 0.05) is 10.7 Å². The molecule has 21 heavy (non-hydrogen) atoms. The molecule has 0 spiro atoms. The highest BCUT2D eigenvalue weighted by molar-refractivity contribution is 8.03. The van der Waals surface area contributed by atoms with E-state index in [1.807, 2.05) is 0 Å². The molecule has 1 amide bonds. The standard InChI is InChI=1S/C12H17N3O5S/c1-5(16)6-7-9(17)10(21-3-2-14-4-13)8(12(19)20)15(7)11(6)18/h4-7,9,16-17H,2-3H2,1H3,(H2,13,14)(H,19,20)/t5-,6-,7+,9?/m1/s1. The number of aliphatic hydroxyl groups excluding tert-OH is 2. The van der Waals surface area contributed by atoms with Gasteiger partial charge in [-0.05, 0) is 6.92 Å². The van der Waals surface area contributed by atoms with Crippen molar-refractivity contribution < 1.29 is 24.9 Å². The summed E-state index contributed by atoms with van der Waals surface area (Å²) in [6.07, 6.45) is -0.881. The number of thioether (sulfide) groups is 1. The molecule has 9 heteroatoms. The van der Waals surface area contributed by atoms with Crippen LogP contribution in [-0.4, -0.2) is 69.0 Å². The topological polar surface area (TPSA) is 136 Å². The average Bonchev–Trinajstić information content (AvgIpc) is 2.64. The molecule has 0 saturated carbocycles. The van der Waals surface area contributed by atoms with Gasteiger partial charge in [-0.3, -0.25) is 14.7 Å². The fraction of sp³-hybridized carbons (Fsp3) is 0.583. The summed E-state index contributed by atoms with van der Waals surface area (Å²) in [5.74, 6) is -2.07. The Bertz CT molecular complexity index is 519. The third kappa shape index (κ3) is 2.52. The number of carbonyl (C=O) groups is 2. The predicted molar refractivity (Wildman–Crippen MR) is 76.5 cm³/mol. The zero-order chi connectivity index (χ0) is 15.7. The van der Waals surface area contributed by atoms with E-state index < -0.39 is 36.0 Å². The zero-order valence-electron chi connectivity index (χ0n) is 11.3. The van der Waals surface area contributed by atoms with Crippen molar-refractivity contribution in [1.29, 1.82) is 0 Å². The molecule has 4 atom stereocenters. The van der Waals surface area contributed by atoms with Crippen LogP contribution in [0.4, 0.5) is 0 Å². The molecule has 0 aromatic rings. The van der Waals surface area contributed by atoms with Crippen molar-refractivity contribution in [2.24, 2.45) is 16.6 Å². The first-order valence-corrected chi connectivity index (χ1v) is 7.39. The summed E-state index contributed by atoms with van der Waals surface area (Å²) in [5, 5.41) is 29.2. The lowest BCUT2D eigenvalue weighted by molar-refractivity contribution is -0.165. The third-order valence-corrected chi connectivity index (χ3v) is 4.69. The normalized spacial score (nSPS) is 29.8. The first-order chi connectivity index (χ1) is 9.91. The van der Waals surface area contributed by atoms with Crippen molar-refractivity contribution in [3.63, 3.8) is 0 Å². The Balaban J connectivity index is 2.21. The smallest absolute Gasteiger partial charge is 0.353 e. The van der Waals surface area contributed by atoms with Crippen LogP contribution in [0.5, 0.6) is 0 Å². The summed E-state index contributed by atoms with van der Waals surface area (Å²) in [5.41, 5.74) is 4.91. The first kappa shape index (κ1) is 15.8. The number of nitrogens with two attached hydrogens (primary N) is 1. The maximum Gasteiger partial charge on any atom is 0.353 e. The van der Waals surface area contributed by atoms with Gasteiger partial charge in [0.05, 0.1) is 30.9 Å². The molecular weight excluding hydrogens is 298 g/mol. The van der Waals surface area contributed by atoms with Crippen LogP contribution >= 0.6 is 11.8 Å². The second kappa shape index (κ2) is 6.04. The van der Waals surface area contributed by atoms with E-state index in [1.165, 1.54) is 6.92 Å². The van der Waals surface area contributed by atoms with E-state index in [-0.39, 0.29) is 10.6 Å². The van der Waals surface area contributed by atoms with Crippen LogP contribution in [0.1, 0.15) is 6.92 Å². The van der Waals surface area contributed by atoms with Crippen LogP contribution in [-0.2, 0) is 9.59 Å². The molecule has 0 aromatic carbocycles. The Morgan fingerprint density at radius 1 is 1.62 bits per heavy atom. The lowest BCUT2D eigenvalue weighted by Gasteiger charge is -2.45. The van der Waals surface area contributed by atoms with Gasteiger partial charge in [0.1, 0.15) is 11.8 Å². The molecule has 8 nitrogen and oxygen atoms in total. The van der Waals surface area contributed by atoms with Gasteiger partial charge in [-0.25, -0.2) is 4.79 Å². The van der Waals surface area contributed by atoms with E-state index in [0.717, 1.165) is 23.0 Å². The van der Waals surface area contributed by atoms with Crippen LogP contribution in [0.25, 0.3) is 0 Å². The van der Waals surface area contributed by atoms with E-state index in [0.29, 0.717) is 12.3 Å². The van der Waals surface area contributed by atoms with Gasteiger partial charge in [0.2, 0.25) is 5.91 Å². The van der Waals surface area contributed by atoms with Gasteiger partial charge in [0.15, 0.2) is 0 Å². The van der Waals surface area contributed by atoms with Gasteiger partial charge < -0.3 is 21.1 Å². The molecule has 5 N–H and O–H groups in total. The molecule has 2 rings (SSSR count). The Morgan fingerprint density at radius 2 is 2.29 bits per heavy atom. The van der Waals surface area contributed by atoms with Crippen molar-refractivity contribution in [3.8, 4) is 0 Å². The number of β-lactam (4-membered cyclic amide) rings is 1. The first-order valence-electron chi connectivity index (χ1n) is 6.41. The number of carboxylic acid groups (broad SMARTS) is 1. The van der Waals surface area contributed by atoms with E-state index >= 15 is 0 Å². The second-order valence-electron chi connectivity index (χ2n) is 4.83. The number of hydrogen-bond acceptors (Lipinski definition) is 6. The number of rotatable bonds is 6. The Morgan fingerprint density at radius 3 is 2.81 bits per heavy atom. The molecule has 116 valence electrons. The zero-order valence-corrected chi connectivity index (χ0v) is 12.2. The highest BCUT2D eigenvalue weighted by Gasteiger charge is 2.61. The highest BCUT2D eigenvalue weighted by atomic mass is 32.2. The quantitative estimate of drug-likeness (QED) is 0.204. The summed E-state index contributed by atoms with van der Waals surface area (Å²) in [6.45, 7) is 1.83. The van der Waals surface area contributed by atoms with E-state index in [1.54, 1.807) is 0 Å². The molecule has 0 radical (unpaired) electrons. The average molecular weight is 315 g/mol. The van der Waals surface area contributed by atoms with Crippen LogP contribution < -0.4 is 5.73 Å². The third-order valence-electron chi connectivity index (χ3n) is 3.56. The lowest BCUT2D eigenvalue weighted by atomic mass is 9.82. The van der Waals surface area contributed by atoms with Gasteiger partial charge in [0.25, 0.3) is 0 Å². The molecule has 2 heterocycles.